The van der Waals surface area contributed by atoms with E-state index in [4.69, 9.17) is 4.74 Å². The van der Waals surface area contributed by atoms with E-state index in [-0.39, 0.29) is 17.9 Å². The van der Waals surface area contributed by atoms with Gasteiger partial charge in [0.2, 0.25) is 11.8 Å². The van der Waals surface area contributed by atoms with Crippen molar-refractivity contribution in [3.63, 3.8) is 0 Å². The summed E-state index contributed by atoms with van der Waals surface area (Å²) in [6.45, 7) is 1.34. The first-order valence-electron chi connectivity index (χ1n) is 6.02. The standard InChI is InChI=1S/C11H18N2O3S/c14-10-3-5-17-7-9(13-10)11(15)12-6-8-2-1-4-16-8/h8-9H,1-7H2,(H,12,15)(H,13,14). The minimum atomic E-state index is -0.392. The fraction of sp³-hybridized carbons (Fsp3) is 0.818. The lowest BCUT2D eigenvalue weighted by Crippen LogP contribution is -2.48. The third-order valence-electron chi connectivity index (χ3n) is 2.94. The summed E-state index contributed by atoms with van der Waals surface area (Å²) in [7, 11) is 0. The van der Waals surface area contributed by atoms with Crippen molar-refractivity contribution in [2.75, 3.05) is 24.7 Å². The van der Waals surface area contributed by atoms with Gasteiger partial charge in [0, 0.05) is 31.1 Å². The van der Waals surface area contributed by atoms with Crippen LogP contribution in [0.15, 0.2) is 0 Å². The Labute approximate surface area is 105 Å². The second kappa shape index (κ2) is 6.26. The first-order valence-corrected chi connectivity index (χ1v) is 7.17. The Morgan fingerprint density at radius 3 is 3.24 bits per heavy atom. The highest BCUT2D eigenvalue weighted by molar-refractivity contribution is 7.99. The predicted octanol–water partition coefficient (Wildman–Crippen LogP) is -0.0967. The van der Waals surface area contributed by atoms with Crippen molar-refractivity contribution in [1.82, 2.24) is 10.6 Å². The van der Waals surface area contributed by atoms with Gasteiger partial charge in [-0.1, -0.05) is 0 Å². The Hall–Kier alpha value is -0.750. The molecule has 2 rings (SSSR count). The summed E-state index contributed by atoms with van der Waals surface area (Å²) in [6.07, 6.45) is 2.72. The van der Waals surface area contributed by atoms with E-state index in [1.54, 1.807) is 11.8 Å². The van der Waals surface area contributed by atoms with Crippen LogP contribution >= 0.6 is 11.8 Å². The number of thioether (sulfide) groups is 1. The van der Waals surface area contributed by atoms with Crippen LogP contribution in [0.4, 0.5) is 0 Å². The van der Waals surface area contributed by atoms with Crippen molar-refractivity contribution in [2.45, 2.75) is 31.4 Å². The minimum Gasteiger partial charge on any atom is -0.376 e. The second-order valence-corrected chi connectivity index (χ2v) is 5.48. The van der Waals surface area contributed by atoms with E-state index in [2.05, 4.69) is 10.6 Å². The van der Waals surface area contributed by atoms with Crippen LogP contribution in [0.25, 0.3) is 0 Å². The van der Waals surface area contributed by atoms with E-state index in [0.29, 0.717) is 18.7 Å². The minimum absolute atomic E-state index is 0.0349. The molecule has 0 bridgehead atoms. The number of carbonyl (C=O) groups is 2. The van der Waals surface area contributed by atoms with Gasteiger partial charge in [0.05, 0.1) is 6.10 Å². The molecule has 2 atom stereocenters. The van der Waals surface area contributed by atoms with Crippen LogP contribution < -0.4 is 10.6 Å². The van der Waals surface area contributed by atoms with Crippen molar-refractivity contribution >= 4 is 23.6 Å². The predicted molar refractivity (Wildman–Crippen MR) is 65.9 cm³/mol. The number of nitrogens with one attached hydrogen (secondary N) is 2. The van der Waals surface area contributed by atoms with E-state index in [1.165, 1.54) is 0 Å². The molecular formula is C11H18N2O3S. The van der Waals surface area contributed by atoms with Gasteiger partial charge in [0.25, 0.3) is 0 Å². The van der Waals surface area contributed by atoms with Gasteiger partial charge >= 0.3 is 0 Å². The maximum atomic E-state index is 11.9. The largest absolute Gasteiger partial charge is 0.376 e. The fourth-order valence-electron chi connectivity index (χ4n) is 1.96. The van der Waals surface area contributed by atoms with Gasteiger partial charge in [-0.25, -0.2) is 0 Å². The van der Waals surface area contributed by atoms with Gasteiger partial charge in [-0.05, 0) is 12.8 Å². The number of ether oxygens (including phenoxy) is 1. The third kappa shape index (κ3) is 3.89. The SMILES string of the molecule is O=C1CCSCC(C(=O)NCC2CCCO2)N1. The topological polar surface area (TPSA) is 67.4 Å². The van der Waals surface area contributed by atoms with E-state index in [0.717, 1.165) is 25.2 Å². The van der Waals surface area contributed by atoms with Crippen molar-refractivity contribution < 1.29 is 14.3 Å². The molecule has 0 aromatic rings. The Morgan fingerprint density at radius 2 is 2.47 bits per heavy atom. The maximum absolute atomic E-state index is 11.9. The zero-order valence-corrected chi connectivity index (χ0v) is 10.6. The zero-order valence-electron chi connectivity index (χ0n) is 9.74. The average Bonchev–Trinajstić information content (AvgIpc) is 2.74. The van der Waals surface area contributed by atoms with Crippen LogP contribution in [0, 0.1) is 0 Å². The molecule has 0 radical (unpaired) electrons. The van der Waals surface area contributed by atoms with Crippen molar-refractivity contribution in [1.29, 1.82) is 0 Å². The number of carbonyl (C=O) groups excluding carboxylic acids is 2. The highest BCUT2D eigenvalue weighted by Crippen LogP contribution is 2.12. The highest BCUT2D eigenvalue weighted by Gasteiger charge is 2.24. The van der Waals surface area contributed by atoms with Gasteiger partial charge in [-0.2, -0.15) is 11.8 Å². The molecule has 2 heterocycles. The van der Waals surface area contributed by atoms with E-state index in [9.17, 15) is 9.59 Å². The lowest BCUT2D eigenvalue weighted by molar-refractivity contribution is -0.128. The van der Waals surface area contributed by atoms with Crippen LogP contribution in [-0.4, -0.2) is 48.6 Å². The van der Waals surface area contributed by atoms with Crippen LogP contribution in [0.5, 0.6) is 0 Å². The number of amides is 2. The van der Waals surface area contributed by atoms with Crippen LogP contribution in [-0.2, 0) is 14.3 Å². The quantitative estimate of drug-likeness (QED) is 0.742. The Morgan fingerprint density at radius 1 is 1.59 bits per heavy atom. The molecule has 2 saturated heterocycles. The highest BCUT2D eigenvalue weighted by atomic mass is 32.2. The summed E-state index contributed by atoms with van der Waals surface area (Å²) in [4.78, 5) is 23.2. The summed E-state index contributed by atoms with van der Waals surface area (Å²) < 4.78 is 5.43. The Kier molecular flexibility index (Phi) is 4.67. The molecule has 5 nitrogen and oxygen atoms in total. The first kappa shape index (κ1) is 12.7. The molecule has 2 N–H and O–H groups in total. The monoisotopic (exact) mass is 258 g/mol. The lowest BCUT2D eigenvalue weighted by Gasteiger charge is -2.17. The molecule has 0 aromatic carbocycles. The van der Waals surface area contributed by atoms with E-state index < -0.39 is 6.04 Å². The molecule has 2 aliphatic heterocycles. The van der Waals surface area contributed by atoms with Crippen molar-refractivity contribution in [3.8, 4) is 0 Å². The molecule has 2 unspecified atom stereocenters. The zero-order chi connectivity index (χ0) is 12.1. The Balaban J connectivity index is 1.75. The normalized spacial score (nSPS) is 29.5. The van der Waals surface area contributed by atoms with Crippen LogP contribution in [0.2, 0.25) is 0 Å². The summed E-state index contributed by atoms with van der Waals surface area (Å²) in [5.41, 5.74) is 0. The summed E-state index contributed by atoms with van der Waals surface area (Å²) >= 11 is 1.64. The lowest BCUT2D eigenvalue weighted by atomic mass is 10.2. The molecule has 0 saturated carbocycles. The van der Waals surface area contributed by atoms with E-state index in [1.807, 2.05) is 0 Å². The molecule has 2 fully saturated rings. The fourth-order valence-corrected chi connectivity index (χ4v) is 2.93. The molecular weight excluding hydrogens is 240 g/mol. The number of hydrogen-bond donors (Lipinski definition) is 2. The molecule has 2 amide bonds. The second-order valence-electron chi connectivity index (χ2n) is 4.33. The van der Waals surface area contributed by atoms with Gasteiger partial charge < -0.3 is 15.4 Å². The third-order valence-corrected chi connectivity index (χ3v) is 4.00. The molecule has 2 aliphatic rings. The first-order chi connectivity index (χ1) is 8.25. The van der Waals surface area contributed by atoms with Gasteiger partial charge in [-0.15, -0.1) is 0 Å². The summed E-state index contributed by atoms with van der Waals surface area (Å²) in [6, 6.07) is -0.392. The molecule has 96 valence electrons. The van der Waals surface area contributed by atoms with Crippen molar-refractivity contribution in [2.24, 2.45) is 0 Å². The van der Waals surface area contributed by atoms with Crippen LogP contribution in [0.3, 0.4) is 0 Å². The molecule has 6 heteroatoms. The van der Waals surface area contributed by atoms with E-state index >= 15 is 0 Å². The summed E-state index contributed by atoms with van der Waals surface area (Å²) in [5, 5.41) is 5.59. The van der Waals surface area contributed by atoms with Gasteiger partial charge in [0.15, 0.2) is 0 Å². The van der Waals surface area contributed by atoms with Gasteiger partial charge in [-0.3, -0.25) is 9.59 Å². The maximum Gasteiger partial charge on any atom is 0.243 e. The average molecular weight is 258 g/mol. The summed E-state index contributed by atoms with van der Waals surface area (Å²) in [5.74, 6) is 1.32. The smallest absolute Gasteiger partial charge is 0.243 e. The number of hydrogen-bond acceptors (Lipinski definition) is 4. The Bertz CT molecular complexity index is 292. The molecule has 0 aromatic heterocycles. The molecule has 17 heavy (non-hydrogen) atoms. The van der Waals surface area contributed by atoms with Crippen LogP contribution in [0.1, 0.15) is 19.3 Å². The van der Waals surface area contributed by atoms with Crippen molar-refractivity contribution in [3.05, 3.63) is 0 Å². The molecule has 0 aliphatic carbocycles. The van der Waals surface area contributed by atoms with Gasteiger partial charge in [0.1, 0.15) is 6.04 Å². The molecule has 0 spiro atoms. The number of rotatable bonds is 3.